The molecule has 1 saturated heterocycles. The Kier molecular flexibility index (Phi) is 5.41. The number of rotatable bonds is 3. The fraction of sp³-hybridized carbons (Fsp3) is 0.933. The molecule has 0 bridgehead atoms. The molecule has 1 amide bonds. The molecule has 116 valence electrons. The largest absolute Gasteiger partial charge is 0.354 e. The molecule has 0 aromatic carbocycles. The van der Waals surface area contributed by atoms with E-state index in [4.69, 9.17) is 5.73 Å². The smallest absolute Gasteiger partial charge is 0.225 e. The van der Waals surface area contributed by atoms with Crippen LogP contribution >= 0.6 is 0 Å². The predicted molar refractivity (Wildman–Crippen MR) is 81.4 cm³/mol. The molecule has 1 aliphatic carbocycles. The van der Waals surface area contributed by atoms with Crippen LogP contribution < -0.4 is 11.1 Å². The number of nitrogens with one attached hydrogen (secondary N) is 1. The van der Waals surface area contributed by atoms with Crippen molar-refractivity contribution in [2.45, 2.75) is 38.3 Å². The summed E-state index contributed by atoms with van der Waals surface area (Å²) in [6, 6.07) is 0.443. The van der Waals surface area contributed by atoms with Crippen molar-refractivity contribution in [1.29, 1.82) is 0 Å². The van der Waals surface area contributed by atoms with Gasteiger partial charge in [0.2, 0.25) is 5.91 Å². The van der Waals surface area contributed by atoms with Crippen LogP contribution in [0, 0.1) is 11.8 Å². The van der Waals surface area contributed by atoms with Crippen LogP contribution in [0.2, 0.25) is 0 Å². The van der Waals surface area contributed by atoms with Crippen LogP contribution in [-0.4, -0.2) is 68.1 Å². The second-order valence-electron chi connectivity index (χ2n) is 6.74. The summed E-state index contributed by atoms with van der Waals surface area (Å²) in [5, 5.41) is 3.15. The van der Waals surface area contributed by atoms with E-state index in [0.717, 1.165) is 45.4 Å². The van der Waals surface area contributed by atoms with Gasteiger partial charge in [0.05, 0.1) is 5.92 Å². The Labute approximate surface area is 122 Å². The van der Waals surface area contributed by atoms with E-state index in [1.54, 1.807) is 0 Å². The quantitative estimate of drug-likeness (QED) is 0.771. The van der Waals surface area contributed by atoms with Gasteiger partial charge in [0.1, 0.15) is 0 Å². The number of hydrogen-bond donors (Lipinski definition) is 2. The van der Waals surface area contributed by atoms with Gasteiger partial charge in [-0.3, -0.25) is 9.69 Å². The van der Waals surface area contributed by atoms with Crippen molar-refractivity contribution < 1.29 is 4.79 Å². The molecule has 20 heavy (non-hydrogen) atoms. The van der Waals surface area contributed by atoms with Gasteiger partial charge in [-0.05, 0) is 32.9 Å². The minimum atomic E-state index is -0.00428. The number of carbonyl (C=O) groups excluding carboxylic acids is 1. The van der Waals surface area contributed by atoms with Gasteiger partial charge < -0.3 is 16.0 Å². The van der Waals surface area contributed by atoms with Crippen molar-refractivity contribution in [2.24, 2.45) is 17.6 Å². The van der Waals surface area contributed by atoms with Crippen molar-refractivity contribution in [3.05, 3.63) is 0 Å². The highest BCUT2D eigenvalue weighted by Gasteiger charge is 2.34. The van der Waals surface area contributed by atoms with Crippen LogP contribution in [0.4, 0.5) is 0 Å². The molecular weight excluding hydrogens is 252 g/mol. The summed E-state index contributed by atoms with van der Waals surface area (Å²) >= 11 is 0. The molecular formula is C15H30N4O. The van der Waals surface area contributed by atoms with Crippen molar-refractivity contribution in [1.82, 2.24) is 15.1 Å². The van der Waals surface area contributed by atoms with E-state index in [9.17, 15) is 4.79 Å². The van der Waals surface area contributed by atoms with Gasteiger partial charge in [-0.25, -0.2) is 0 Å². The van der Waals surface area contributed by atoms with Crippen LogP contribution in [-0.2, 0) is 4.79 Å². The van der Waals surface area contributed by atoms with Crippen LogP contribution in [0.3, 0.4) is 0 Å². The van der Waals surface area contributed by atoms with E-state index in [0.29, 0.717) is 12.0 Å². The number of nitrogens with zero attached hydrogens (tertiary/aromatic N) is 2. The molecule has 5 nitrogen and oxygen atoms in total. The van der Waals surface area contributed by atoms with Gasteiger partial charge >= 0.3 is 0 Å². The van der Waals surface area contributed by atoms with E-state index in [2.05, 4.69) is 36.1 Å². The lowest BCUT2D eigenvalue weighted by Gasteiger charge is -2.38. The molecule has 3 N–H and O–H groups in total. The monoisotopic (exact) mass is 282 g/mol. The molecule has 1 aliphatic heterocycles. The van der Waals surface area contributed by atoms with Crippen molar-refractivity contribution in [3.8, 4) is 0 Å². The average Bonchev–Trinajstić information content (AvgIpc) is 2.39. The minimum Gasteiger partial charge on any atom is -0.354 e. The summed E-state index contributed by atoms with van der Waals surface area (Å²) < 4.78 is 0. The molecule has 0 spiro atoms. The van der Waals surface area contributed by atoms with Gasteiger partial charge in [-0.15, -0.1) is 0 Å². The zero-order valence-electron chi connectivity index (χ0n) is 13.1. The van der Waals surface area contributed by atoms with Crippen molar-refractivity contribution in [2.75, 3.05) is 40.3 Å². The molecule has 0 aromatic heterocycles. The van der Waals surface area contributed by atoms with E-state index in [-0.39, 0.29) is 17.9 Å². The molecule has 4 unspecified atom stereocenters. The summed E-state index contributed by atoms with van der Waals surface area (Å²) in [6.07, 6.45) is 3.26. The van der Waals surface area contributed by atoms with E-state index in [1.165, 1.54) is 0 Å². The average molecular weight is 282 g/mol. The first-order valence-electron chi connectivity index (χ1n) is 7.91. The zero-order chi connectivity index (χ0) is 14.7. The van der Waals surface area contributed by atoms with Gasteiger partial charge in [0.25, 0.3) is 0 Å². The van der Waals surface area contributed by atoms with Crippen molar-refractivity contribution in [3.63, 3.8) is 0 Å². The Morgan fingerprint density at radius 3 is 2.75 bits per heavy atom. The Hall–Kier alpha value is -0.650. The Morgan fingerprint density at radius 1 is 1.30 bits per heavy atom. The lowest BCUT2D eigenvalue weighted by Crippen LogP contribution is -2.56. The van der Waals surface area contributed by atoms with E-state index >= 15 is 0 Å². The SMILES string of the molecule is CC1CCCC(N)C1C(=O)NCC1CN(C)CCN1C. The topological polar surface area (TPSA) is 61.6 Å². The van der Waals surface area contributed by atoms with E-state index < -0.39 is 0 Å². The summed E-state index contributed by atoms with van der Waals surface area (Å²) in [7, 11) is 4.28. The molecule has 2 rings (SSSR count). The molecule has 0 aromatic rings. The maximum atomic E-state index is 12.4. The summed E-state index contributed by atoms with van der Waals surface area (Å²) in [4.78, 5) is 17.1. The molecule has 2 fully saturated rings. The fourth-order valence-corrected chi connectivity index (χ4v) is 3.57. The summed E-state index contributed by atoms with van der Waals surface area (Å²) in [5.41, 5.74) is 6.15. The zero-order valence-corrected chi connectivity index (χ0v) is 13.1. The van der Waals surface area contributed by atoms with Crippen molar-refractivity contribution >= 4 is 5.91 Å². The normalized spacial score (nSPS) is 36.8. The predicted octanol–water partition coefficient (Wildman–Crippen LogP) is 0.112. The first kappa shape index (κ1) is 15.7. The van der Waals surface area contributed by atoms with Crippen LogP contribution in [0.1, 0.15) is 26.2 Å². The summed E-state index contributed by atoms with van der Waals surface area (Å²) in [6.45, 7) is 6.07. The van der Waals surface area contributed by atoms with E-state index in [1.807, 2.05) is 0 Å². The highest BCUT2D eigenvalue weighted by Crippen LogP contribution is 2.29. The Morgan fingerprint density at radius 2 is 2.05 bits per heavy atom. The molecule has 0 radical (unpaired) electrons. The lowest BCUT2D eigenvalue weighted by molar-refractivity contribution is -0.128. The third kappa shape index (κ3) is 3.71. The Balaban J connectivity index is 1.84. The lowest BCUT2D eigenvalue weighted by atomic mass is 9.76. The number of amides is 1. The highest BCUT2D eigenvalue weighted by molar-refractivity contribution is 5.79. The maximum Gasteiger partial charge on any atom is 0.225 e. The number of carbonyl (C=O) groups is 1. The fourth-order valence-electron chi connectivity index (χ4n) is 3.57. The first-order chi connectivity index (χ1) is 9.49. The Bertz CT molecular complexity index is 326. The number of hydrogen-bond acceptors (Lipinski definition) is 4. The van der Waals surface area contributed by atoms with Gasteiger partial charge in [0, 0.05) is 38.3 Å². The number of likely N-dealkylation sites (N-methyl/N-ethyl adjacent to an activating group) is 2. The maximum absolute atomic E-state index is 12.4. The summed E-state index contributed by atoms with van der Waals surface area (Å²) in [5.74, 6) is 0.562. The van der Waals surface area contributed by atoms with Crippen LogP contribution in [0.25, 0.3) is 0 Å². The standard InChI is InChI=1S/C15H30N4O/c1-11-5-4-6-13(16)14(11)15(20)17-9-12-10-18(2)7-8-19(12)3/h11-14H,4-10,16H2,1-3H3,(H,17,20). The molecule has 4 atom stereocenters. The minimum absolute atomic E-state index is 0.00428. The third-order valence-corrected chi connectivity index (χ3v) is 5.07. The van der Waals surface area contributed by atoms with Gasteiger partial charge in [-0.2, -0.15) is 0 Å². The molecule has 5 heteroatoms. The molecule has 2 aliphatic rings. The number of nitrogens with two attached hydrogens (primary N) is 1. The van der Waals surface area contributed by atoms with Gasteiger partial charge in [-0.1, -0.05) is 13.3 Å². The third-order valence-electron chi connectivity index (χ3n) is 5.07. The second kappa shape index (κ2) is 6.87. The highest BCUT2D eigenvalue weighted by atomic mass is 16.1. The van der Waals surface area contributed by atoms with Gasteiger partial charge in [0.15, 0.2) is 0 Å². The molecule has 1 heterocycles. The first-order valence-corrected chi connectivity index (χ1v) is 7.91. The van der Waals surface area contributed by atoms with Crippen LogP contribution in [0.5, 0.6) is 0 Å². The van der Waals surface area contributed by atoms with Crippen LogP contribution in [0.15, 0.2) is 0 Å². The molecule has 1 saturated carbocycles. The second-order valence-corrected chi connectivity index (χ2v) is 6.74. The number of piperazine rings is 1.